The molecule has 0 fully saturated rings. The van der Waals surface area contributed by atoms with E-state index >= 15 is 0 Å². The molecule has 32 heavy (non-hydrogen) atoms. The van der Waals surface area contributed by atoms with Crippen LogP contribution in [0.4, 0.5) is 23.0 Å². The Morgan fingerprint density at radius 1 is 1.19 bits per heavy atom. The maximum absolute atomic E-state index is 11.8. The Bertz CT molecular complexity index is 1100. The van der Waals surface area contributed by atoms with Gasteiger partial charge in [0, 0.05) is 11.8 Å². The summed E-state index contributed by atoms with van der Waals surface area (Å²) in [5.41, 5.74) is 3.32. The SMILES string of the molecule is CC(C)CCOc1ccccc1Nc1nc(Nc2cccnc2)cc2c1C(C=O)NC=C2. The second-order valence-electron chi connectivity index (χ2n) is 7.99. The second-order valence-corrected chi connectivity index (χ2v) is 7.99. The molecule has 164 valence electrons. The van der Waals surface area contributed by atoms with Crippen molar-refractivity contribution >= 4 is 35.4 Å². The third kappa shape index (κ3) is 5.06. The number of hydrogen-bond acceptors (Lipinski definition) is 7. The molecule has 7 heteroatoms. The van der Waals surface area contributed by atoms with Gasteiger partial charge >= 0.3 is 0 Å². The third-order valence-corrected chi connectivity index (χ3v) is 5.10. The molecular weight excluding hydrogens is 402 g/mol. The summed E-state index contributed by atoms with van der Waals surface area (Å²) in [7, 11) is 0. The molecule has 0 radical (unpaired) electrons. The van der Waals surface area contributed by atoms with Gasteiger partial charge in [0.05, 0.1) is 24.2 Å². The van der Waals surface area contributed by atoms with Crippen LogP contribution in [0.1, 0.15) is 37.4 Å². The van der Waals surface area contributed by atoms with Crippen molar-refractivity contribution in [1.82, 2.24) is 15.3 Å². The molecule has 1 unspecified atom stereocenters. The van der Waals surface area contributed by atoms with Crippen molar-refractivity contribution in [2.75, 3.05) is 17.2 Å². The zero-order chi connectivity index (χ0) is 22.3. The number of carbonyl (C=O) groups is 1. The van der Waals surface area contributed by atoms with Crippen LogP contribution in [0.25, 0.3) is 6.08 Å². The van der Waals surface area contributed by atoms with Crippen LogP contribution in [0.2, 0.25) is 0 Å². The van der Waals surface area contributed by atoms with Crippen molar-refractivity contribution in [2.24, 2.45) is 5.92 Å². The van der Waals surface area contributed by atoms with Gasteiger partial charge in [0.15, 0.2) is 0 Å². The average Bonchev–Trinajstić information content (AvgIpc) is 2.80. The zero-order valence-electron chi connectivity index (χ0n) is 18.2. The molecule has 0 spiro atoms. The summed E-state index contributed by atoms with van der Waals surface area (Å²) < 4.78 is 6.03. The van der Waals surface area contributed by atoms with E-state index in [-0.39, 0.29) is 0 Å². The Kier molecular flexibility index (Phi) is 6.65. The Labute approximate surface area is 187 Å². The van der Waals surface area contributed by atoms with E-state index in [4.69, 9.17) is 9.72 Å². The Morgan fingerprint density at radius 3 is 2.84 bits per heavy atom. The quantitative estimate of drug-likeness (QED) is 0.403. The Balaban J connectivity index is 1.69. The lowest BCUT2D eigenvalue weighted by Gasteiger charge is -2.24. The number of nitrogens with one attached hydrogen (secondary N) is 3. The maximum atomic E-state index is 11.8. The number of aldehydes is 1. The molecule has 3 heterocycles. The fraction of sp³-hybridized carbons (Fsp3) is 0.240. The predicted molar refractivity (Wildman–Crippen MR) is 127 cm³/mol. The molecule has 3 aromatic rings. The van der Waals surface area contributed by atoms with Crippen LogP contribution in [0, 0.1) is 5.92 Å². The predicted octanol–water partition coefficient (Wildman–Crippen LogP) is 5.20. The van der Waals surface area contributed by atoms with Crippen molar-refractivity contribution in [3.05, 3.63) is 72.2 Å². The maximum Gasteiger partial charge on any atom is 0.146 e. The number of aromatic nitrogens is 2. The standard InChI is InChI=1S/C25H27N5O2/c1-17(2)10-13-32-22-8-4-3-7-20(22)29-25-24-18(9-12-27-21(24)16-31)14-23(30-25)28-19-6-5-11-26-15-19/h3-9,11-12,14-17,21,27H,10,13H2,1-2H3,(H2,28,29,30). The third-order valence-electron chi connectivity index (χ3n) is 5.10. The topological polar surface area (TPSA) is 88.2 Å². The lowest BCUT2D eigenvalue weighted by molar-refractivity contribution is -0.109. The zero-order valence-corrected chi connectivity index (χ0v) is 18.2. The molecule has 1 aliphatic heterocycles. The van der Waals surface area contributed by atoms with Crippen LogP contribution in [0.5, 0.6) is 5.75 Å². The van der Waals surface area contributed by atoms with Crippen LogP contribution in [-0.2, 0) is 4.79 Å². The van der Waals surface area contributed by atoms with Gasteiger partial charge in [-0.15, -0.1) is 0 Å². The number of para-hydroxylation sites is 2. The highest BCUT2D eigenvalue weighted by Crippen LogP contribution is 2.35. The van der Waals surface area contributed by atoms with Crippen molar-refractivity contribution in [3.63, 3.8) is 0 Å². The first-order valence-corrected chi connectivity index (χ1v) is 10.7. The molecule has 0 amide bonds. The number of benzene rings is 1. The number of anilines is 4. The molecule has 2 aromatic heterocycles. The number of fused-ring (bicyclic) bond motifs is 1. The minimum atomic E-state index is -0.494. The van der Waals surface area contributed by atoms with Gasteiger partial charge < -0.3 is 25.5 Å². The summed E-state index contributed by atoms with van der Waals surface area (Å²) in [6.07, 6.45) is 9.02. The molecule has 1 atom stereocenters. The van der Waals surface area contributed by atoms with Gasteiger partial charge in [-0.25, -0.2) is 4.98 Å². The van der Waals surface area contributed by atoms with Gasteiger partial charge in [-0.05, 0) is 60.5 Å². The highest BCUT2D eigenvalue weighted by molar-refractivity contribution is 5.80. The van der Waals surface area contributed by atoms with Gasteiger partial charge in [0.25, 0.3) is 0 Å². The number of nitrogens with zero attached hydrogens (tertiary/aromatic N) is 2. The molecule has 7 nitrogen and oxygen atoms in total. The molecule has 4 rings (SSSR count). The number of ether oxygens (including phenoxy) is 1. The number of carbonyl (C=O) groups excluding carboxylic acids is 1. The summed E-state index contributed by atoms with van der Waals surface area (Å²) in [5, 5.41) is 9.78. The first-order chi connectivity index (χ1) is 15.6. The van der Waals surface area contributed by atoms with E-state index in [0.717, 1.165) is 41.0 Å². The van der Waals surface area contributed by atoms with Gasteiger partial charge in [0.1, 0.15) is 29.7 Å². The summed E-state index contributed by atoms with van der Waals surface area (Å²) in [4.78, 5) is 20.7. The van der Waals surface area contributed by atoms with Crippen molar-refractivity contribution in [2.45, 2.75) is 26.3 Å². The highest BCUT2D eigenvalue weighted by Gasteiger charge is 2.23. The van der Waals surface area contributed by atoms with Crippen LogP contribution in [-0.4, -0.2) is 22.9 Å². The Hall–Kier alpha value is -3.87. The lowest BCUT2D eigenvalue weighted by Crippen LogP contribution is -2.23. The molecule has 0 aliphatic carbocycles. The number of pyridine rings is 2. The largest absolute Gasteiger partial charge is 0.491 e. The molecule has 0 bridgehead atoms. The minimum Gasteiger partial charge on any atom is -0.491 e. The van der Waals surface area contributed by atoms with Crippen LogP contribution >= 0.6 is 0 Å². The lowest BCUT2D eigenvalue weighted by atomic mass is 9.99. The molecule has 3 N–H and O–H groups in total. The highest BCUT2D eigenvalue weighted by atomic mass is 16.5. The summed E-state index contributed by atoms with van der Waals surface area (Å²) in [5.74, 6) is 2.54. The van der Waals surface area contributed by atoms with Crippen molar-refractivity contribution < 1.29 is 9.53 Å². The van der Waals surface area contributed by atoms with Gasteiger partial charge in [-0.1, -0.05) is 26.0 Å². The van der Waals surface area contributed by atoms with E-state index in [2.05, 4.69) is 34.8 Å². The van der Waals surface area contributed by atoms with Gasteiger partial charge in [0.2, 0.25) is 0 Å². The van der Waals surface area contributed by atoms with E-state index in [9.17, 15) is 4.79 Å². The first-order valence-electron chi connectivity index (χ1n) is 10.7. The molecular formula is C25H27N5O2. The number of rotatable bonds is 9. The van der Waals surface area contributed by atoms with Crippen LogP contribution in [0.3, 0.4) is 0 Å². The molecule has 1 aromatic carbocycles. The molecule has 1 aliphatic rings. The van der Waals surface area contributed by atoms with Crippen molar-refractivity contribution in [1.29, 1.82) is 0 Å². The van der Waals surface area contributed by atoms with Gasteiger partial charge in [-0.2, -0.15) is 0 Å². The molecule has 0 saturated heterocycles. The average molecular weight is 430 g/mol. The fourth-order valence-corrected chi connectivity index (χ4v) is 3.44. The van der Waals surface area contributed by atoms with Crippen LogP contribution < -0.4 is 20.7 Å². The smallest absolute Gasteiger partial charge is 0.146 e. The van der Waals surface area contributed by atoms with E-state index in [0.29, 0.717) is 24.2 Å². The van der Waals surface area contributed by atoms with Crippen molar-refractivity contribution in [3.8, 4) is 5.75 Å². The van der Waals surface area contributed by atoms with Crippen LogP contribution in [0.15, 0.2) is 61.1 Å². The fourth-order valence-electron chi connectivity index (χ4n) is 3.44. The van der Waals surface area contributed by atoms with Gasteiger partial charge in [-0.3, -0.25) is 4.98 Å². The summed E-state index contributed by atoms with van der Waals surface area (Å²) >= 11 is 0. The van der Waals surface area contributed by atoms with E-state index in [1.807, 2.05) is 48.5 Å². The second kappa shape index (κ2) is 9.96. The number of hydrogen-bond donors (Lipinski definition) is 3. The normalized spacial score (nSPS) is 14.4. The monoisotopic (exact) mass is 429 g/mol. The molecule has 0 saturated carbocycles. The summed E-state index contributed by atoms with van der Waals surface area (Å²) in [6, 6.07) is 13.0. The van der Waals surface area contributed by atoms with E-state index in [1.54, 1.807) is 18.6 Å². The van der Waals surface area contributed by atoms with E-state index in [1.165, 1.54) is 0 Å². The Morgan fingerprint density at radius 2 is 2.06 bits per heavy atom. The summed E-state index contributed by atoms with van der Waals surface area (Å²) in [6.45, 7) is 4.97. The minimum absolute atomic E-state index is 0.494. The van der Waals surface area contributed by atoms with E-state index < -0.39 is 6.04 Å². The first kappa shape index (κ1) is 21.4.